The maximum absolute atomic E-state index is 14.0. The quantitative estimate of drug-likeness (QED) is 0.701. The molecular formula is C17H16F2N6O2S. The van der Waals surface area contributed by atoms with Crippen LogP contribution < -0.4 is 10.6 Å². The van der Waals surface area contributed by atoms with Crippen molar-refractivity contribution in [1.29, 1.82) is 0 Å². The lowest BCUT2D eigenvalue weighted by Gasteiger charge is -2.35. The summed E-state index contributed by atoms with van der Waals surface area (Å²) in [7, 11) is -4.14. The second kappa shape index (κ2) is 6.91. The van der Waals surface area contributed by atoms with E-state index in [4.69, 9.17) is 5.73 Å². The number of nitrogens with two attached hydrogens (primary N) is 1. The summed E-state index contributed by atoms with van der Waals surface area (Å²) in [6.45, 7) is 0.859. The second-order valence-electron chi connectivity index (χ2n) is 6.27. The summed E-state index contributed by atoms with van der Waals surface area (Å²) in [4.78, 5) is 13.8. The van der Waals surface area contributed by atoms with E-state index in [-0.39, 0.29) is 13.1 Å². The van der Waals surface area contributed by atoms with Crippen LogP contribution in [0.3, 0.4) is 0 Å². The maximum atomic E-state index is 14.0. The van der Waals surface area contributed by atoms with Crippen LogP contribution in [0, 0.1) is 11.6 Å². The highest BCUT2D eigenvalue weighted by Gasteiger charge is 2.31. The minimum absolute atomic E-state index is 0.103. The van der Waals surface area contributed by atoms with E-state index in [0.29, 0.717) is 41.8 Å². The molecule has 0 spiro atoms. The number of fused-ring (bicyclic) bond motifs is 1. The highest BCUT2D eigenvalue weighted by molar-refractivity contribution is 7.89. The van der Waals surface area contributed by atoms with Gasteiger partial charge in [-0.05, 0) is 30.3 Å². The van der Waals surface area contributed by atoms with Crippen molar-refractivity contribution in [1.82, 2.24) is 19.3 Å². The Bertz CT molecular complexity index is 1150. The molecule has 4 rings (SSSR count). The molecule has 28 heavy (non-hydrogen) atoms. The number of rotatable bonds is 3. The Labute approximate surface area is 159 Å². The predicted octanol–water partition coefficient (Wildman–Crippen LogP) is 1.40. The molecule has 0 amide bonds. The van der Waals surface area contributed by atoms with Gasteiger partial charge in [-0.3, -0.25) is 0 Å². The van der Waals surface area contributed by atoms with Gasteiger partial charge in [-0.15, -0.1) is 0 Å². The summed E-state index contributed by atoms with van der Waals surface area (Å²) in [5.74, 6) is -0.830. The first-order valence-electron chi connectivity index (χ1n) is 8.43. The number of nitrogen functional groups attached to an aromatic ring is 1. The van der Waals surface area contributed by atoms with E-state index in [1.165, 1.54) is 6.33 Å². The van der Waals surface area contributed by atoms with Crippen molar-refractivity contribution < 1.29 is 17.2 Å². The minimum Gasteiger partial charge on any atom is -0.384 e. The molecule has 146 valence electrons. The molecular weight excluding hydrogens is 390 g/mol. The van der Waals surface area contributed by atoms with Gasteiger partial charge in [0.25, 0.3) is 0 Å². The Morgan fingerprint density at radius 1 is 1.00 bits per heavy atom. The fourth-order valence-corrected chi connectivity index (χ4v) is 4.65. The molecule has 2 N–H and O–H groups in total. The van der Waals surface area contributed by atoms with Crippen LogP contribution in [0.4, 0.5) is 20.4 Å². The largest absolute Gasteiger partial charge is 0.384 e. The lowest BCUT2D eigenvalue weighted by Crippen LogP contribution is -2.49. The molecule has 2 aromatic heterocycles. The minimum atomic E-state index is -4.14. The Hall–Kier alpha value is -2.92. The molecule has 1 aromatic carbocycles. The SMILES string of the molecule is Nc1ccc2c(N3CCN(S(=O)(=O)c4cc(F)ccc4F)CC3)ncnc2n1. The third-order valence-corrected chi connectivity index (χ3v) is 6.46. The van der Waals surface area contributed by atoms with Crippen LogP contribution in [0.2, 0.25) is 0 Å². The van der Waals surface area contributed by atoms with E-state index in [1.54, 1.807) is 12.1 Å². The van der Waals surface area contributed by atoms with Gasteiger partial charge in [0, 0.05) is 26.2 Å². The van der Waals surface area contributed by atoms with Gasteiger partial charge in [0.15, 0.2) is 5.65 Å². The van der Waals surface area contributed by atoms with Crippen LogP contribution in [-0.4, -0.2) is 53.9 Å². The van der Waals surface area contributed by atoms with Crippen molar-refractivity contribution in [2.24, 2.45) is 0 Å². The Morgan fingerprint density at radius 2 is 1.75 bits per heavy atom. The molecule has 1 saturated heterocycles. The van der Waals surface area contributed by atoms with Gasteiger partial charge in [-0.2, -0.15) is 4.31 Å². The summed E-state index contributed by atoms with van der Waals surface area (Å²) in [6.07, 6.45) is 1.37. The number of sulfonamides is 1. The summed E-state index contributed by atoms with van der Waals surface area (Å²) >= 11 is 0. The van der Waals surface area contributed by atoms with E-state index >= 15 is 0 Å². The fourth-order valence-electron chi connectivity index (χ4n) is 3.15. The van der Waals surface area contributed by atoms with Gasteiger partial charge < -0.3 is 10.6 Å². The zero-order valence-corrected chi connectivity index (χ0v) is 15.4. The van der Waals surface area contributed by atoms with Crippen molar-refractivity contribution in [2.75, 3.05) is 36.8 Å². The summed E-state index contributed by atoms with van der Waals surface area (Å²) in [6, 6.07) is 5.80. The molecule has 0 atom stereocenters. The second-order valence-corrected chi connectivity index (χ2v) is 8.18. The molecule has 0 bridgehead atoms. The lowest BCUT2D eigenvalue weighted by atomic mass is 10.2. The zero-order chi connectivity index (χ0) is 19.9. The third kappa shape index (κ3) is 3.22. The van der Waals surface area contributed by atoms with Gasteiger partial charge in [-0.25, -0.2) is 32.2 Å². The third-order valence-electron chi connectivity index (χ3n) is 4.55. The first-order valence-corrected chi connectivity index (χ1v) is 9.87. The Morgan fingerprint density at radius 3 is 2.50 bits per heavy atom. The van der Waals surface area contributed by atoms with Gasteiger partial charge in [-0.1, -0.05) is 0 Å². The Balaban J connectivity index is 1.58. The van der Waals surface area contributed by atoms with Crippen LogP contribution in [0.15, 0.2) is 41.6 Å². The molecule has 3 aromatic rings. The van der Waals surface area contributed by atoms with Gasteiger partial charge in [0.1, 0.15) is 34.5 Å². The summed E-state index contributed by atoms with van der Waals surface area (Å²) < 4.78 is 53.9. The van der Waals surface area contributed by atoms with Crippen LogP contribution in [-0.2, 0) is 10.0 Å². The molecule has 11 heteroatoms. The smallest absolute Gasteiger partial charge is 0.246 e. The normalized spacial score (nSPS) is 15.9. The average Bonchev–Trinajstić information content (AvgIpc) is 2.69. The number of anilines is 2. The topological polar surface area (TPSA) is 105 Å². The van der Waals surface area contributed by atoms with Gasteiger partial charge >= 0.3 is 0 Å². The standard InChI is InChI=1S/C17H16F2N6O2S/c18-11-1-3-13(19)14(9-11)28(26,27)25-7-5-24(6-8-25)17-12-2-4-15(20)23-16(12)21-10-22-17/h1-4,9-10H,5-8H2,(H2,20,21,22,23). The fraction of sp³-hybridized carbons (Fsp3) is 0.235. The number of nitrogens with zero attached hydrogens (tertiary/aromatic N) is 5. The number of hydrogen-bond acceptors (Lipinski definition) is 7. The van der Waals surface area contributed by atoms with Crippen LogP contribution >= 0.6 is 0 Å². The Kier molecular flexibility index (Phi) is 4.55. The van der Waals surface area contributed by atoms with E-state index in [0.717, 1.165) is 16.4 Å². The molecule has 0 aliphatic carbocycles. The molecule has 1 fully saturated rings. The first-order chi connectivity index (χ1) is 13.4. The van der Waals surface area contributed by atoms with Crippen molar-refractivity contribution in [3.63, 3.8) is 0 Å². The van der Waals surface area contributed by atoms with E-state index in [2.05, 4.69) is 15.0 Å². The lowest BCUT2D eigenvalue weighted by molar-refractivity contribution is 0.381. The van der Waals surface area contributed by atoms with Crippen molar-refractivity contribution in [3.05, 3.63) is 48.3 Å². The number of halogens is 2. The maximum Gasteiger partial charge on any atom is 0.246 e. The molecule has 3 heterocycles. The number of hydrogen-bond donors (Lipinski definition) is 1. The van der Waals surface area contributed by atoms with Crippen LogP contribution in [0.25, 0.3) is 11.0 Å². The molecule has 0 unspecified atom stereocenters. The highest BCUT2D eigenvalue weighted by Crippen LogP contribution is 2.26. The number of aromatic nitrogens is 3. The molecule has 8 nitrogen and oxygen atoms in total. The van der Waals surface area contributed by atoms with Gasteiger partial charge in [0.2, 0.25) is 10.0 Å². The van der Waals surface area contributed by atoms with E-state index in [1.807, 2.05) is 4.90 Å². The van der Waals surface area contributed by atoms with Crippen LogP contribution in [0.5, 0.6) is 0 Å². The summed E-state index contributed by atoms with van der Waals surface area (Å²) in [5.41, 5.74) is 6.13. The molecule has 0 saturated carbocycles. The van der Waals surface area contributed by atoms with Crippen LogP contribution in [0.1, 0.15) is 0 Å². The first kappa shape index (κ1) is 18.4. The van der Waals surface area contributed by atoms with Crippen molar-refractivity contribution in [2.45, 2.75) is 4.90 Å². The highest BCUT2D eigenvalue weighted by atomic mass is 32.2. The molecule has 1 aliphatic heterocycles. The number of benzene rings is 1. The average molecular weight is 406 g/mol. The van der Waals surface area contributed by atoms with Crippen molar-refractivity contribution in [3.8, 4) is 0 Å². The van der Waals surface area contributed by atoms with E-state index in [9.17, 15) is 17.2 Å². The predicted molar refractivity (Wildman–Crippen MR) is 99.1 cm³/mol. The zero-order valence-electron chi connectivity index (χ0n) is 14.6. The molecule has 0 radical (unpaired) electrons. The van der Waals surface area contributed by atoms with E-state index < -0.39 is 26.6 Å². The summed E-state index contributed by atoms with van der Waals surface area (Å²) in [5, 5.41) is 0.698. The number of piperazine rings is 1. The molecule has 1 aliphatic rings. The van der Waals surface area contributed by atoms with Crippen molar-refractivity contribution >= 4 is 32.7 Å². The monoisotopic (exact) mass is 406 g/mol. The number of pyridine rings is 1. The van der Waals surface area contributed by atoms with Gasteiger partial charge in [0.05, 0.1) is 5.39 Å².